The molecule has 2 aromatic rings. The number of aryl methyl sites for hydroxylation is 1. The molecule has 0 aromatic carbocycles. The number of nitrogens with two attached hydrogens (primary N) is 1. The monoisotopic (exact) mass is 185 g/mol. The molecule has 0 radical (unpaired) electrons. The van der Waals surface area contributed by atoms with Gasteiger partial charge >= 0.3 is 0 Å². The number of rotatable bonds is 1. The van der Waals surface area contributed by atoms with Crippen LogP contribution in [0.3, 0.4) is 0 Å². The van der Waals surface area contributed by atoms with Gasteiger partial charge in [-0.2, -0.15) is 0 Å². The quantitative estimate of drug-likeness (QED) is 0.739. The molecule has 2 rings (SSSR count). The van der Waals surface area contributed by atoms with Crippen LogP contribution in [-0.4, -0.2) is 9.97 Å². The van der Waals surface area contributed by atoms with Crippen LogP contribution >= 0.6 is 0 Å². The summed E-state index contributed by atoms with van der Waals surface area (Å²) in [5, 5.41) is 0. The Labute approximate surface area is 82.6 Å². The van der Waals surface area contributed by atoms with E-state index in [1.54, 1.807) is 18.6 Å². The minimum atomic E-state index is 0.661. The molecule has 0 fully saturated rings. The summed E-state index contributed by atoms with van der Waals surface area (Å²) in [6, 6.07) is 5.81. The largest absolute Gasteiger partial charge is 0.397 e. The smallest absolute Gasteiger partial charge is 0.0752 e. The first-order valence-corrected chi connectivity index (χ1v) is 4.40. The number of pyridine rings is 2. The standard InChI is InChI=1S/C11H11N3/c1-8-3-2-5-14-11(8)9-4-6-13-7-10(9)12/h2-7H,12H2,1H3. The van der Waals surface area contributed by atoms with Gasteiger partial charge in [-0.3, -0.25) is 9.97 Å². The Morgan fingerprint density at radius 1 is 1.21 bits per heavy atom. The average Bonchev–Trinajstić information content (AvgIpc) is 2.20. The third kappa shape index (κ3) is 1.44. The number of aromatic nitrogens is 2. The summed E-state index contributed by atoms with van der Waals surface area (Å²) in [6.45, 7) is 2.02. The molecule has 2 N–H and O–H groups in total. The molecule has 2 aromatic heterocycles. The van der Waals surface area contributed by atoms with Crippen molar-refractivity contribution in [2.75, 3.05) is 5.73 Å². The van der Waals surface area contributed by atoms with E-state index in [-0.39, 0.29) is 0 Å². The van der Waals surface area contributed by atoms with Crippen molar-refractivity contribution >= 4 is 5.69 Å². The van der Waals surface area contributed by atoms with E-state index in [4.69, 9.17) is 5.73 Å². The Balaban J connectivity index is 2.61. The predicted octanol–water partition coefficient (Wildman–Crippen LogP) is 2.03. The minimum Gasteiger partial charge on any atom is -0.397 e. The Kier molecular flexibility index (Phi) is 2.14. The maximum absolute atomic E-state index is 5.82. The summed E-state index contributed by atoms with van der Waals surface area (Å²) in [7, 11) is 0. The summed E-state index contributed by atoms with van der Waals surface area (Å²) in [6.07, 6.45) is 5.13. The second-order valence-electron chi connectivity index (χ2n) is 3.13. The Morgan fingerprint density at radius 2 is 2.07 bits per heavy atom. The third-order valence-corrected chi connectivity index (χ3v) is 2.12. The highest BCUT2D eigenvalue weighted by Gasteiger charge is 2.05. The van der Waals surface area contributed by atoms with Crippen LogP contribution in [0.2, 0.25) is 0 Å². The normalized spacial score (nSPS) is 10.1. The van der Waals surface area contributed by atoms with Gasteiger partial charge < -0.3 is 5.73 Å². The lowest BCUT2D eigenvalue weighted by molar-refractivity contribution is 1.25. The molecule has 3 heteroatoms. The van der Waals surface area contributed by atoms with Crippen molar-refractivity contribution in [1.82, 2.24) is 9.97 Å². The van der Waals surface area contributed by atoms with Gasteiger partial charge in [0.2, 0.25) is 0 Å². The van der Waals surface area contributed by atoms with Crippen molar-refractivity contribution in [3.05, 3.63) is 42.4 Å². The van der Waals surface area contributed by atoms with Crippen LogP contribution in [0.4, 0.5) is 5.69 Å². The minimum absolute atomic E-state index is 0.661. The Hall–Kier alpha value is -1.90. The maximum Gasteiger partial charge on any atom is 0.0752 e. The summed E-state index contributed by atoms with van der Waals surface area (Å²) in [5.74, 6) is 0. The lowest BCUT2D eigenvalue weighted by Crippen LogP contribution is -1.94. The second kappa shape index (κ2) is 3.46. The van der Waals surface area contributed by atoms with Crippen molar-refractivity contribution in [2.24, 2.45) is 0 Å². The lowest BCUT2D eigenvalue weighted by Gasteiger charge is -2.06. The fourth-order valence-corrected chi connectivity index (χ4v) is 1.39. The molecule has 0 spiro atoms. The molecule has 0 bridgehead atoms. The second-order valence-corrected chi connectivity index (χ2v) is 3.13. The summed E-state index contributed by atoms with van der Waals surface area (Å²) >= 11 is 0. The van der Waals surface area contributed by atoms with E-state index < -0.39 is 0 Å². The zero-order valence-corrected chi connectivity index (χ0v) is 7.94. The van der Waals surface area contributed by atoms with Gasteiger partial charge in [-0.25, -0.2) is 0 Å². The molecule has 0 saturated carbocycles. The van der Waals surface area contributed by atoms with Crippen LogP contribution in [0, 0.1) is 6.92 Å². The average molecular weight is 185 g/mol. The van der Waals surface area contributed by atoms with E-state index in [0.717, 1.165) is 16.8 Å². The first kappa shape index (κ1) is 8.69. The predicted molar refractivity (Wildman–Crippen MR) is 56.6 cm³/mol. The molecule has 70 valence electrons. The van der Waals surface area contributed by atoms with Gasteiger partial charge in [-0.15, -0.1) is 0 Å². The van der Waals surface area contributed by atoms with Gasteiger partial charge in [0.15, 0.2) is 0 Å². The summed E-state index contributed by atoms with van der Waals surface area (Å²) in [5.41, 5.74) is 9.46. The Morgan fingerprint density at radius 3 is 2.79 bits per heavy atom. The number of nitrogen functional groups attached to an aromatic ring is 1. The topological polar surface area (TPSA) is 51.8 Å². The molecule has 0 aliphatic carbocycles. The first-order valence-electron chi connectivity index (χ1n) is 4.40. The number of hydrogen-bond acceptors (Lipinski definition) is 3. The lowest BCUT2D eigenvalue weighted by atomic mass is 10.1. The molecule has 2 heterocycles. The van der Waals surface area contributed by atoms with Crippen LogP contribution in [-0.2, 0) is 0 Å². The van der Waals surface area contributed by atoms with E-state index in [1.807, 2.05) is 25.1 Å². The zero-order chi connectivity index (χ0) is 9.97. The fourth-order valence-electron chi connectivity index (χ4n) is 1.39. The first-order chi connectivity index (χ1) is 6.79. The molecule has 0 amide bonds. The van der Waals surface area contributed by atoms with Crippen LogP contribution in [0.1, 0.15) is 5.56 Å². The molecule has 0 aliphatic heterocycles. The molecule has 0 atom stereocenters. The Bertz CT molecular complexity index is 408. The van der Waals surface area contributed by atoms with Crippen molar-refractivity contribution in [3.8, 4) is 11.3 Å². The maximum atomic E-state index is 5.82. The van der Waals surface area contributed by atoms with Gasteiger partial charge in [0.05, 0.1) is 17.6 Å². The number of anilines is 1. The molecular weight excluding hydrogens is 174 g/mol. The molecule has 3 nitrogen and oxygen atoms in total. The summed E-state index contributed by atoms with van der Waals surface area (Å²) < 4.78 is 0. The number of nitrogens with zero attached hydrogens (tertiary/aromatic N) is 2. The highest BCUT2D eigenvalue weighted by Crippen LogP contribution is 2.24. The van der Waals surface area contributed by atoms with Crippen LogP contribution in [0.15, 0.2) is 36.8 Å². The van der Waals surface area contributed by atoms with E-state index in [2.05, 4.69) is 9.97 Å². The van der Waals surface area contributed by atoms with E-state index in [1.165, 1.54) is 0 Å². The van der Waals surface area contributed by atoms with Gasteiger partial charge in [0.25, 0.3) is 0 Å². The third-order valence-electron chi connectivity index (χ3n) is 2.12. The van der Waals surface area contributed by atoms with Crippen molar-refractivity contribution in [1.29, 1.82) is 0 Å². The molecular formula is C11H11N3. The van der Waals surface area contributed by atoms with Crippen LogP contribution in [0.25, 0.3) is 11.3 Å². The summed E-state index contributed by atoms with van der Waals surface area (Å²) in [4.78, 5) is 8.25. The molecule has 0 saturated heterocycles. The van der Waals surface area contributed by atoms with E-state index >= 15 is 0 Å². The zero-order valence-electron chi connectivity index (χ0n) is 7.94. The van der Waals surface area contributed by atoms with Gasteiger partial charge in [0, 0.05) is 18.0 Å². The van der Waals surface area contributed by atoms with Crippen molar-refractivity contribution in [3.63, 3.8) is 0 Å². The van der Waals surface area contributed by atoms with Crippen LogP contribution in [0.5, 0.6) is 0 Å². The fraction of sp³-hybridized carbons (Fsp3) is 0.0909. The number of hydrogen-bond donors (Lipinski definition) is 1. The van der Waals surface area contributed by atoms with E-state index in [9.17, 15) is 0 Å². The van der Waals surface area contributed by atoms with Gasteiger partial charge in [0.1, 0.15) is 0 Å². The highest BCUT2D eigenvalue weighted by molar-refractivity contribution is 5.74. The SMILES string of the molecule is Cc1cccnc1-c1ccncc1N. The molecule has 0 unspecified atom stereocenters. The van der Waals surface area contributed by atoms with Crippen molar-refractivity contribution < 1.29 is 0 Å². The highest BCUT2D eigenvalue weighted by atomic mass is 14.7. The van der Waals surface area contributed by atoms with Crippen LogP contribution < -0.4 is 5.73 Å². The van der Waals surface area contributed by atoms with E-state index in [0.29, 0.717) is 5.69 Å². The molecule has 0 aliphatic rings. The van der Waals surface area contributed by atoms with Gasteiger partial charge in [-0.1, -0.05) is 6.07 Å². The van der Waals surface area contributed by atoms with Crippen molar-refractivity contribution in [2.45, 2.75) is 6.92 Å². The molecule has 14 heavy (non-hydrogen) atoms. The van der Waals surface area contributed by atoms with Gasteiger partial charge in [-0.05, 0) is 24.6 Å².